The molecule has 2 N–H and O–H groups in total. The molecule has 0 amide bonds. The van der Waals surface area contributed by atoms with Gasteiger partial charge in [0.25, 0.3) is 0 Å². The van der Waals surface area contributed by atoms with E-state index in [0.29, 0.717) is 24.8 Å². The third-order valence-electron chi connectivity index (χ3n) is 3.69. The van der Waals surface area contributed by atoms with Gasteiger partial charge in [-0.1, -0.05) is 19.1 Å². The van der Waals surface area contributed by atoms with Crippen molar-refractivity contribution >= 4 is 10.0 Å². The molecule has 0 aromatic heterocycles. The van der Waals surface area contributed by atoms with E-state index in [2.05, 4.69) is 4.72 Å². The molecule has 20 heavy (non-hydrogen) atoms. The van der Waals surface area contributed by atoms with Gasteiger partial charge in [0.15, 0.2) is 0 Å². The topological polar surface area (TPSA) is 75.6 Å². The molecule has 112 valence electrons. The summed E-state index contributed by atoms with van der Waals surface area (Å²) in [5, 5.41) is 9.79. The number of sulfonamides is 1. The molecule has 6 heteroatoms. The molecule has 0 bridgehead atoms. The van der Waals surface area contributed by atoms with Gasteiger partial charge in [0.2, 0.25) is 10.0 Å². The van der Waals surface area contributed by atoms with Crippen LogP contribution in [0.2, 0.25) is 0 Å². The highest BCUT2D eigenvalue weighted by Gasteiger charge is 2.32. The SMILES string of the molecule is CCC(O)c1cccc(S(=O)(=O)NC2CC(OC)C2)c1. The lowest BCUT2D eigenvalue weighted by molar-refractivity contribution is 0.0236. The van der Waals surface area contributed by atoms with Crippen LogP contribution < -0.4 is 4.72 Å². The van der Waals surface area contributed by atoms with Crippen molar-refractivity contribution in [2.45, 2.75) is 49.3 Å². The number of benzene rings is 1. The molecule has 1 fully saturated rings. The van der Waals surface area contributed by atoms with Crippen LogP contribution in [0.25, 0.3) is 0 Å². The van der Waals surface area contributed by atoms with Crippen molar-refractivity contribution in [3.05, 3.63) is 29.8 Å². The molecule has 5 nitrogen and oxygen atoms in total. The summed E-state index contributed by atoms with van der Waals surface area (Å²) in [5.74, 6) is 0. The fourth-order valence-electron chi connectivity index (χ4n) is 2.27. The first-order valence-electron chi connectivity index (χ1n) is 6.79. The van der Waals surface area contributed by atoms with Crippen molar-refractivity contribution in [3.63, 3.8) is 0 Å². The fourth-order valence-corrected chi connectivity index (χ4v) is 3.58. The van der Waals surface area contributed by atoms with Crippen LogP contribution in [0.4, 0.5) is 0 Å². The summed E-state index contributed by atoms with van der Waals surface area (Å²) in [7, 11) is -1.90. The van der Waals surface area contributed by atoms with Gasteiger partial charge in [-0.25, -0.2) is 13.1 Å². The van der Waals surface area contributed by atoms with Crippen LogP contribution in [0.15, 0.2) is 29.2 Å². The van der Waals surface area contributed by atoms with E-state index in [0.717, 1.165) is 0 Å². The monoisotopic (exact) mass is 299 g/mol. The van der Waals surface area contributed by atoms with Gasteiger partial charge in [-0.15, -0.1) is 0 Å². The third-order valence-corrected chi connectivity index (χ3v) is 5.21. The second-order valence-corrected chi connectivity index (χ2v) is 6.86. The molecule has 0 aliphatic heterocycles. The zero-order valence-corrected chi connectivity index (χ0v) is 12.6. The highest BCUT2D eigenvalue weighted by atomic mass is 32.2. The molecule has 1 aliphatic rings. The van der Waals surface area contributed by atoms with E-state index in [-0.39, 0.29) is 17.0 Å². The van der Waals surface area contributed by atoms with Crippen LogP contribution in [-0.4, -0.2) is 32.8 Å². The summed E-state index contributed by atoms with van der Waals surface area (Å²) in [5.41, 5.74) is 0.624. The van der Waals surface area contributed by atoms with Crippen LogP contribution in [0.3, 0.4) is 0 Å². The van der Waals surface area contributed by atoms with Crippen LogP contribution in [0, 0.1) is 0 Å². The Kier molecular flexibility index (Phi) is 4.80. The average Bonchev–Trinajstić information content (AvgIpc) is 2.41. The van der Waals surface area contributed by atoms with Gasteiger partial charge < -0.3 is 9.84 Å². The van der Waals surface area contributed by atoms with Crippen molar-refractivity contribution in [2.75, 3.05) is 7.11 Å². The van der Waals surface area contributed by atoms with Gasteiger partial charge in [-0.2, -0.15) is 0 Å². The quantitative estimate of drug-likeness (QED) is 0.836. The molecule has 1 aromatic rings. The Bertz CT molecular complexity index is 552. The maximum absolute atomic E-state index is 12.3. The lowest BCUT2D eigenvalue weighted by Crippen LogP contribution is -2.47. The van der Waals surface area contributed by atoms with Crippen molar-refractivity contribution in [2.24, 2.45) is 0 Å². The molecule has 0 radical (unpaired) electrons. The Morgan fingerprint density at radius 3 is 2.75 bits per heavy atom. The Morgan fingerprint density at radius 2 is 2.15 bits per heavy atom. The van der Waals surface area contributed by atoms with Crippen LogP contribution in [0.1, 0.15) is 37.9 Å². The first-order valence-corrected chi connectivity index (χ1v) is 8.27. The molecule has 1 aliphatic carbocycles. The molecule has 2 rings (SSSR count). The van der Waals surface area contributed by atoms with Gasteiger partial charge in [0, 0.05) is 13.2 Å². The molecule has 1 saturated carbocycles. The summed E-state index contributed by atoms with van der Waals surface area (Å²) in [4.78, 5) is 0.198. The Hall–Kier alpha value is -0.950. The van der Waals surface area contributed by atoms with Crippen molar-refractivity contribution in [3.8, 4) is 0 Å². The van der Waals surface area contributed by atoms with Crippen molar-refractivity contribution in [1.82, 2.24) is 4.72 Å². The smallest absolute Gasteiger partial charge is 0.240 e. The molecule has 1 unspecified atom stereocenters. The number of rotatable bonds is 6. The second kappa shape index (κ2) is 6.22. The number of ether oxygens (including phenoxy) is 1. The summed E-state index contributed by atoms with van der Waals surface area (Å²) in [6, 6.07) is 6.40. The molecule has 0 saturated heterocycles. The largest absolute Gasteiger partial charge is 0.388 e. The molecule has 0 spiro atoms. The molecular formula is C14H21NO4S. The minimum Gasteiger partial charge on any atom is -0.388 e. The first-order chi connectivity index (χ1) is 9.46. The summed E-state index contributed by atoms with van der Waals surface area (Å²) in [6.45, 7) is 1.85. The number of aliphatic hydroxyl groups is 1. The minimum absolute atomic E-state index is 0.0651. The lowest BCUT2D eigenvalue weighted by Gasteiger charge is -2.34. The van der Waals surface area contributed by atoms with Gasteiger partial charge in [0.1, 0.15) is 0 Å². The van der Waals surface area contributed by atoms with E-state index in [4.69, 9.17) is 4.74 Å². The first kappa shape index (κ1) is 15.4. The molecular weight excluding hydrogens is 278 g/mol. The van der Waals surface area contributed by atoms with E-state index in [1.165, 1.54) is 6.07 Å². The lowest BCUT2D eigenvalue weighted by atomic mass is 9.90. The number of hydrogen-bond acceptors (Lipinski definition) is 4. The summed E-state index contributed by atoms with van der Waals surface area (Å²) >= 11 is 0. The van der Waals surface area contributed by atoms with E-state index < -0.39 is 16.1 Å². The zero-order chi connectivity index (χ0) is 14.8. The number of nitrogens with one attached hydrogen (secondary N) is 1. The summed E-state index contributed by atoms with van der Waals surface area (Å²) < 4.78 is 32.3. The highest BCUT2D eigenvalue weighted by Crippen LogP contribution is 2.25. The number of methoxy groups -OCH3 is 1. The Morgan fingerprint density at radius 1 is 1.45 bits per heavy atom. The normalized spacial score (nSPS) is 24.1. The maximum Gasteiger partial charge on any atom is 0.240 e. The van der Waals surface area contributed by atoms with Crippen LogP contribution >= 0.6 is 0 Å². The second-order valence-electron chi connectivity index (χ2n) is 5.14. The van der Waals surface area contributed by atoms with E-state index in [9.17, 15) is 13.5 Å². The standard InChI is InChI=1S/C14H21NO4S/c1-3-14(16)10-5-4-6-13(7-10)20(17,18)15-11-8-12(9-11)19-2/h4-7,11-12,14-16H,3,8-9H2,1-2H3. The van der Waals surface area contributed by atoms with Gasteiger partial charge >= 0.3 is 0 Å². The van der Waals surface area contributed by atoms with Gasteiger partial charge in [0.05, 0.1) is 17.1 Å². The zero-order valence-electron chi connectivity index (χ0n) is 11.7. The number of hydrogen-bond donors (Lipinski definition) is 2. The van der Waals surface area contributed by atoms with E-state index in [1.54, 1.807) is 25.3 Å². The minimum atomic E-state index is -3.53. The van der Waals surface area contributed by atoms with Crippen molar-refractivity contribution in [1.29, 1.82) is 0 Å². The third kappa shape index (κ3) is 3.38. The molecule has 0 heterocycles. The highest BCUT2D eigenvalue weighted by molar-refractivity contribution is 7.89. The summed E-state index contributed by atoms with van der Waals surface area (Å²) in [6.07, 6.45) is 1.47. The van der Waals surface area contributed by atoms with E-state index in [1.807, 2.05) is 6.92 Å². The maximum atomic E-state index is 12.3. The van der Waals surface area contributed by atoms with E-state index >= 15 is 0 Å². The average molecular weight is 299 g/mol. The predicted molar refractivity (Wildman–Crippen MR) is 75.8 cm³/mol. The van der Waals surface area contributed by atoms with Gasteiger partial charge in [-0.05, 0) is 37.0 Å². The Labute approximate surface area is 120 Å². The number of aliphatic hydroxyl groups excluding tert-OH is 1. The van der Waals surface area contributed by atoms with Crippen molar-refractivity contribution < 1.29 is 18.3 Å². The van der Waals surface area contributed by atoms with Crippen LogP contribution in [0.5, 0.6) is 0 Å². The fraction of sp³-hybridized carbons (Fsp3) is 0.571. The van der Waals surface area contributed by atoms with Gasteiger partial charge in [-0.3, -0.25) is 0 Å². The predicted octanol–water partition coefficient (Wildman–Crippen LogP) is 1.59. The molecule has 1 aromatic carbocycles. The Balaban J connectivity index is 2.09. The van der Waals surface area contributed by atoms with Crippen LogP contribution in [-0.2, 0) is 14.8 Å². The molecule has 1 atom stereocenters.